The predicted molar refractivity (Wildman–Crippen MR) is 219 cm³/mol. The fraction of sp³-hybridized carbons (Fsp3) is 0.558. The van der Waals surface area contributed by atoms with E-state index < -0.39 is 23.5 Å². The van der Waals surface area contributed by atoms with Crippen molar-refractivity contribution in [3.8, 4) is 22.5 Å². The fourth-order valence-corrected chi connectivity index (χ4v) is 9.68. The summed E-state index contributed by atoms with van der Waals surface area (Å²) in [5.41, 5.74) is 9.70. The topological polar surface area (TPSA) is 131 Å². The monoisotopic (exact) mass is 783 g/mol. The van der Waals surface area contributed by atoms with Crippen LogP contribution in [0.25, 0.3) is 33.4 Å². The molecule has 3 aliphatic rings. The summed E-state index contributed by atoms with van der Waals surface area (Å²) in [7, 11) is 3.74. The molecule has 56 heavy (non-hydrogen) atoms. The lowest BCUT2D eigenvalue weighted by Crippen LogP contribution is -2.61. The van der Waals surface area contributed by atoms with Gasteiger partial charge in [0.05, 0.1) is 40.7 Å². The number of nitrogens with zero attached hydrogens (tertiary/aromatic N) is 5. The van der Waals surface area contributed by atoms with Crippen LogP contribution in [0.1, 0.15) is 76.8 Å². The second kappa shape index (κ2) is 16.4. The molecule has 6 heterocycles. The van der Waals surface area contributed by atoms with Crippen LogP contribution in [0.15, 0.2) is 41.9 Å². The summed E-state index contributed by atoms with van der Waals surface area (Å²) < 4.78 is 14.2. The van der Waals surface area contributed by atoms with E-state index in [4.69, 9.17) is 19.4 Å². The third-order valence-electron chi connectivity index (χ3n) is 11.9. The van der Waals surface area contributed by atoms with E-state index >= 15 is 0 Å². The highest BCUT2D eigenvalue weighted by molar-refractivity contribution is 7.10. The number of aromatic nitrogens is 3. The van der Waals surface area contributed by atoms with E-state index in [1.165, 1.54) is 16.3 Å². The van der Waals surface area contributed by atoms with Crippen LogP contribution >= 0.6 is 11.3 Å². The van der Waals surface area contributed by atoms with Crippen LogP contribution in [0.2, 0.25) is 0 Å². The highest BCUT2D eigenvalue weighted by Crippen LogP contribution is 2.42. The molecule has 7 rings (SSSR count). The number of methoxy groups -OCH3 is 1. The van der Waals surface area contributed by atoms with Gasteiger partial charge in [-0.05, 0) is 81.8 Å². The molecule has 12 nitrogen and oxygen atoms in total. The van der Waals surface area contributed by atoms with Crippen LogP contribution in [0.3, 0.4) is 0 Å². The van der Waals surface area contributed by atoms with Gasteiger partial charge in [0.15, 0.2) is 0 Å². The molecule has 300 valence electrons. The summed E-state index contributed by atoms with van der Waals surface area (Å²) in [4.78, 5) is 54.2. The van der Waals surface area contributed by atoms with Gasteiger partial charge in [-0.25, -0.2) is 10.4 Å². The Morgan fingerprint density at radius 1 is 1.18 bits per heavy atom. The first-order valence-electron chi connectivity index (χ1n) is 20.1. The van der Waals surface area contributed by atoms with Gasteiger partial charge in [-0.3, -0.25) is 24.4 Å². The van der Waals surface area contributed by atoms with Crippen LogP contribution in [-0.4, -0.2) is 94.7 Å². The molecule has 5 atom stereocenters. The number of fused-ring (bicyclic) bond motifs is 6. The highest BCUT2D eigenvalue weighted by Gasteiger charge is 2.41. The second-order valence-electron chi connectivity index (χ2n) is 17.0. The number of thiazole rings is 1. The number of amides is 2. The van der Waals surface area contributed by atoms with Gasteiger partial charge in [0.2, 0.25) is 5.91 Å². The lowest BCUT2D eigenvalue weighted by atomic mass is 9.84. The zero-order chi connectivity index (χ0) is 39.9. The van der Waals surface area contributed by atoms with Crippen molar-refractivity contribution < 1.29 is 23.9 Å². The van der Waals surface area contributed by atoms with E-state index in [1.54, 1.807) is 7.11 Å². The molecule has 2 amide bonds. The molecular weight excluding hydrogens is 727 g/mol. The Balaban J connectivity index is 1.33. The molecule has 6 bridgehead atoms. The zero-order valence-electron chi connectivity index (χ0n) is 34.1. The number of hydrogen-bond donors (Lipinski definition) is 2. The van der Waals surface area contributed by atoms with E-state index in [-0.39, 0.29) is 42.8 Å². The number of carbonyl (C=O) groups is 3. The van der Waals surface area contributed by atoms with Crippen molar-refractivity contribution in [2.75, 3.05) is 40.4 Å². The van der Waals surface area contributed by atoms with E-state index in [1.807, 2.05) is 31.6 Å². The molecule has 0 spiro atoms. The van der Waals surface area contributed by atoms with Gasteiger partial charge in [0.25, 0.3) is 5.91 Å². The van der Waals surface area contributed by atoms with E-state index in [2.05, 4.69) is 79.1 Å². The number of cyclic esters (lactones) is 1. The van der Waals surface area contributed by atoms with E-state index in [0.29, 0.717) is 38.3 Å². The van der Waals surface area contributed by atoms with Crippen molar-refractivity contribution in [3.05, 3.63) is 58.2 Å². The Bertz CT molecular complexity index is 2090. The molecule has 13 heteroatoms. The molecule has 0 aliphatic carbocycles. The second-order valence-corrected chi connectivity index (χ2v) is 17.9. The van der Waals surface area contributed by atoms with Gasteiger partial charge in [-0.1, -0.05) is 33.8 Å². The number of aryl methyl sites for hydroxylation is 1. The van der Waals surface area contributed by atoms with Crippen molar-refractivity contribution in [2.45, 2.75) is 92.0 Å². The van der Waals surface area contributed by atoms with E-state index in [0.717, 1.165) is 62.8 Å². The smallest absolute Gasteiger partial charge is 0.324 e. The Kier molecular flexibility index (Phi) is 11.7. The zero-order valence-corrected chi connectivity index (χ0v) is 34.9. The predicted octanol–water partition coefficient (Wildman–Crippen LogP) is 6.04. The van der Waals surface area contributed by atoms with Crippen LogP contribution in [0.4, 0.5) is 0 Å². The maximum absolute atomic E-state index is 14.4. The molecule has 3 aromatic heterocycles. The lowest BCUT2D eigenvalue weighted by molar-refractivity contribution is -0.155. The number of ether oxygens (including phenoxy) is 2. The number of hydrazine groups is 1. The average Bonchev–Trinajstić information content (AvgIpc) is 3.91. The lowest BCUT2D eigenvalue weighted by Gasteiger charge is -2.36. The van der Waals surface area contributed by atoms with Crippen molar-refractivity contribution in [2.24, 2.45) is 23.2 Å². The molecule has 3 aliphatic heterocycles. The molecule has 2 N–H and O–H groups in total. The number of carbonyl (C=O) groups excluding carboxylic acids is 3. The number of benzene rings is 1. The number of rotatable bonds is 7. The Morgan fingerprint density at radius 3 is 2.73 bits per heavy atom. The minimum Gasteiger partial charge on any atom is -0.464 e. The SMILES string of the molecule is CCn1c(-c2cccnc2[C@H](C)OC)c2c3cc(ccc31)-c1csc(n1)C[C@H](NC(=O)[C@@H]1CN(C)C[C@H]1C(C)C)C(=O)N1CCC[C@H](N1)C(=O)OCC(C)(C)C2. The number of likely N-dealkylation sites (tertiary alicyclic amines) is 1. The van der Waals surface area contributed by atoms with Gasteiger partial charge < -0.3 is 24.3 Å². The normalized spacial score (nSPS) is 24.0. The summed E-state index contributed by atoms with van der Waals surface area (Å²) in [5.74, 6) is -0.507. The molecular formula is C43H57N7O5S. The molecule has 0 radical (unpaired) electrons. The standard InChI is InChI=1S/C43H57N7O5S/c1-9-49-36-15-14-27-18-29(36)30(39(49)28-12-10-16-44-38(28)26(4)54-8)20-43(5,6)24-55-42(53)33-13-11-17-50(47-33)41(52)34(19-37-45-35(27)23-56-37)46-40(51)32-22-48(7)21-31(32)25(2)3/h10,12,14-16,18,23,25-26,31-34,47H,9,11,13,17,19-22,24H2,1-8H3,(H,46,51)/t26-,31-,32+,33-,34-/m0/s1. The van der Waals surface area contributed by atoms with E-state index in [9.17, 15) is 14.4 Å². The summed E-state index contributed by atoms with van der Waals surface area (Å²) in [6.45, 7) is 15.5. The Morgan fingerprint density at radius 2 is 1.98 bits per heavy atom. The van der Waals surface area contributed by atoms with Gasteiger partial charge in [0.1, 0.15) is 12.1 Å². The summed E-state index contributed by atoms with van der Waals surface area (Å²) >= 11 is 1.49. The quantitative estimate of drug-likeness (QED) is 0.216. The largest absolute Gasteiger partial charge is 0.464 e. The van der Waals surface area contributed by atoms with Gasteiger partial charge in [-0.15, -0.1) is 11.3 Å². The number of hydrogen-bond acceptors (Lipinski definition) is 10. The van der Waals surface area contributed by atoms with Crippen LogP contribution in [-0.2, 0) is 43.2 Å². The Hall–Kier alpha value is -4.17. The van der Waals surface area contributed by atoms with Gasteiger partial charge >= 0.3 is 5.97 Å². The number of esters is 1. The molecule has 0 unspecified atom stereocenters. The first-order valence-corrected chi connectivity index (χ1v) is 21.0. The fourth-order valence-electron chi connectivity index (χ4n) is 8.83. The molecule has 0 saturated carbocycles. The van der Waals surface area contributed by atoms with Crippen molar-refractivity contribution in [1.29, 1.82) is 0 Å². The Labute approximate surface area is 334 Å². The molecule has 2 saturated heterocycles. The maximum atomic E-state index is 14.4. The third-order valence-corrected chi connectivity index (χ3v) is 12.8. The first kappa shape index (κ1) is 40.0. The minimum atomic E-state index is -0.862. The summed E-state index contributed by atoms with van der Waals surface area (Å²) in [6.07, 6.45) is 3.61. The minimum absolute atomic E-state index is 0.119. The average molecular weight is 784 g/mol. The highest BCUT2D eigenvalue weighted by atomic mass is 32.1. The molecule has 2 fully saturated rings. The molecule has 1 aromatic carbocycles. The summed E-state index contributed by atoms with van der Waals surface area (Å²) in [6, 6.07) is 9.03. The van der Waals surface area contributed by atoms with Crippen LogP contribution in [0.5, 0.6) is 0 Å². The summed E-state index contributed by atoms with van der Waals surface area (Å²) in [5, 5.41) is 8.56. The van der Waals surface area contributed by atoms with Crippen LogP contribution in [0, 0.1) is 23.2 Å². The third kappa shape index (κ3) is 8.00. The maximum Gasteiger partial charge on any atom is 0.324 e. The van der Waals surface area contributed by atoms with Gasteiger partial charge in [-0.2, -0.15) is 0 Å². The van der Waals surface area contributed by atoms with Crippen molar-refractivity contribution >= 4 is 40.0 Å². The molecule has 4 aromatic rings. The van der Waals surface area contributed by atoms with Crippen molar-refractivity contribution in [3.63, 3.8) is 0 Å². The number of pyridine rings is 1. The van der Waals surface area contributed by atoms with Crippen molar-refractivity contribution in [1.82, 2.24) is 35.2 Å². The van der Waals surface area contributed by atoms with Gasteiger partial charge in [0, 0.05) is 78.7 Å². The van der Waals surface area contributed by atoms with Crippen LogP contribution < -0.4 is 10.7 Å². The number of nitrogens with one attached hydrogen (secondary N) is 2. The first-order chi connectivity index (χ1) is 26.8.